The Morgan fingerprint density at radius 2 is 2.13 bits per heavy atom. The van der Waals surface area contributed by atoms with Crippen LogP contribution >= 0.6 is 0 Å². The maximum Gasteiger partial charge on any atom is 0.243 e. The molecule has 0 spiro atoms. The topological polar surface area (TPSA) is 81.7 Å². The van der Waals surface area contributed by atoms with Gasteiger partial charge in [0.2, 0.25) is 5.95 Å². The zero-order chi connectivity index (χ0) is 10.7. The minimum absolute atomic E-state index is 0.000718. The highest BCUT2D eigenvalue weighted by molar-refractivity contribution is 5.28. The molecule has 1 aliphatic rings. The third kappa shape index (κ3) is 2.09. The molecule has 0 aliphatic heterocycles. The van der Waals surface area contributed by atoms with Gasteiger partial charge in [0.05, 0.1) is 5.54 Å². The quantitative estimate of drug-likeness (QED) is 0.749. The number of nitrogens with one attached hydrogen (secondary N) is 1. The molecule has 6 nitrogen and oxygen atoms in total. The summed E-state index contributed by atoms with van der Waals surface area (Å²) in [5, 5.41) is 14.7. The van der Waals surface area contributed by atoms with E-state index in [0.29, 0.717) is 12.5 Å². The Kier molecular flexibility index (Phi) is 2.86. The number of tetrazole rings is 1. The van der Waals surface area contributed by atoms with Crippen molar-refractivity contribution in [2.75, 3.05) is 11.9 Å². The summed E-state index contributed by atoms with van der Waals surface area (Å²) < 4.78 is 1.64. The average Bonchev–Trinajstić information content (AvgIpc) is 2.66. The number of aromatic nitrogens is 4. The van der Waals surface area contributed by atoms with Crippen LogP contribution < -0.4 is 11.1 Å². The van der Waals surface area contributed by atoms with E-state index in [0.717, 1.165) is 12.8 Å². The number of nitrogens with zero attached hydrogens (tertiary/aromatic N) is 4. The fourth-order valence-electron chi connectivity index (χ4n) is 2.18. The normalized spacial score (nSPS) is 20.1. The predicted molar refractivity (Wildman–Crippen MR) is 57.3 cm³/mol. The first-order valence-electron chi connectivity index (χ1n) is 5.46. The van der Waals surface area contributed by atoms with Gasteiger partial charge in [-0.2, -0.15) is 0 Å². The Morgan fingerprint density at radius 1 is 1.40 bits per heavy atom. The molecule has 0 unspecified atom stereocenters. The number of nitrogens with two attached hydrogens (primary N) is 1. The van der Waals surface area contributed by atoms with E-state index >= 15 is 0 Å². The summed E-state index contributed by atoms with van der Waals surface area (Å²) in [6, 6.07) is 0. The average molecular weight is 210 g/mol. The summed E-state index contributed by atoms with van der Waals surface area (Å²) in [6.07, 6.45) is 5.98. The number of aryl methyl sites for hydroxylation is 1. The maximum atomic E-state index is 5.86. The number of anilines is 1. The van der Waals surface area contributed by atoms with Crippen molar-refractivity contribution < 1.29 is 0 Å². The summed E-state index contributed by atoms with van der Waals surface area (Å²) in [5.41, 5.74) is 5.87. The number of hydrogen-bond acceptors (Lipinski definition) is 5. The minimum Gasteiger partial charge on any atom is -0.346 e. The lowest BCUT2D eigenvalue weighted by atomic mass is 9.82. The molecule has 0 saturated heterocycles. The van der Waals surface area contributed by atoms with Gasteiger partial charge in [-0.1, -0.05) is 24.4 Å². The Bertz CT molecular complexity index is 314. The van der Waals surface area contributed by atoms with Crippen molar-refractivity contribution in [1.82, 2.24) is 20.2 Å². The van der Waals surface area contributed by atoms with E-state index in [2.05, 4.69) is 20.8 Å². The van der Waals surface area contributed by atoms with Crippen molar-refractivity contribution in [2.45, 2.75) is 37.6 Å². The molecular weight excluding hydrogens is 192 g/mol. The Labute approximate surface area is 89.2 Å². The fourth-order valence-corrected chi connectivity index (χ4v) is 2.18. The van der Waals surface area contributed by atoms with Gasteiger partial charge in [-0.3, -0.25) is 0 Å². The van der Waals surface area contributed by atoms with Crippen LogP contribution in [0.15, 0.2) is 0 Å². The van der Waals surface area contributed by atoms with Crippen LogP contribution in [0.3, 0.4) is 0 Å². The van der Waals surface area contributed by atoms with Crippen LogP contribution in [-0.2, 0) is 7.05 Å². The van der Waals surface area contributed by atoms with Crippen LogP contribution in [0.25, 0.3) is 0 Å². The number of hydrogen-bond donors (Lipinski definition) is 2. The Hall–Kier alpha value is -1.17. The molecule has 1 saturated carbocycles. The highest BCUT2D eigenvalue weighted by atomic mass is 15.6. The SMILES string of the molecule is Cn1nnnc1NC1(CN)CCCCC1. The molecule has 0 bridgehead atoms. The second-order valence-electron chi connectivity index (χ2n) is 4.30. The standard InChI is InChI=1S/C9H18N6/c1-15-8(12-13-14-15)11-9(7-10)5-3-2-4-6-9/h2-7,10H2,1H3,(H,11,12,14). The largest absolute Gasteiger partial charge is 0.346 e. The van der Waals surface area contributed by atoms with E-state index in [9.17, 15) is 0 Å². The molecule has 84 valence electrons. The summed E-state index contributed by atoms with van der Waals surface area (Å²) in [5.74, 6) is 0.711. The van der Waals surface area contributed by atoms with Crippen molar-refractivity contribution in [3.63, 3.8) is 0 Å². The van der Waals surface area contributed by atoms with E-state index in [1.807, 2.05) is 7.05 Å². The van der Waals surface area contributed by atoms with Gasteiger partial charge in [0.1, 0.15) is 0 Å². The number of rotatable bonds is 3. The van der Waals surface area contributed by atoms with Gasteiger partial charge >= 0.3 is 0 Å². The molecule has 1 fully saturated rings. The van der Waals surface area contributed by atoms with E-state index < -0.39 is 0 Å². The first-order valence-corrected chi connectivity index (χ1v) is 5.46. The monoisotopic (exact) mass is 210 g/mol. The molecular formula is C9H18N6. The van der Waals surface area contributed by atoms with Crippen LogP contribution in [0.5, 0.6) is 0 Å². The van der Waals surface area contributed by atoms with Crippen LogP contribution in [0.1, 0.15) is 32.1 Å². The van der Waals surface area contributed by atoms with Crippen molar-refractivity contribution in [1.29, 1.82) is 0 Å². The smallest absolute Gasteiger partial charge is 0.243 e. The van der Waals surface area contributed by atoms with E-state index in [1.165, 1.54) is 19.3 Å². The lowest BCUT2D eigenvalue weighted by Gasteiger charge is -2.36. The fraction of sp³-hybridized carbons (Fsp3) is 0.889. The minimum atomic E-state index is 0.000718. The van der Waals surface area contributed by atoms with Crippen LogP contribution in [0.2, 0.25) is 0 Å². The van der Waals surface area contributed by atoms with Crippen LogP contribution in [0.4, 0.5) is 5.95 Å². The predicted octanol–water partition coefficient (Wildman–Crippen LogP) is 0.284. The van der Waals surface area contributed by atoms with Crippen molar-refractivity contribution in [3.8, 4) is 0 Å². The maximum absolute atomic E-state index is 5.86. The molecule has 1 aromatic rings. The molecule has 6 heteroatoms. The summed E-state index contributed by atoms with van der Waals surface area (Å²) >= 11 is 0. The summed E-state index contributed by atoms with van der Waals surface area (Å²) in [6.45, 7) is 0.639. The van der Waals surface area contributed by atoms with Crippen molar-refractivity contribution >= 4 is 5.95 Å². The second kappa shape index (κ2) is 4.14. The van der Waals surface area contributed by atoms with Gasteiger partial charge in [-0.15, -0.1) is 0 Å². The zero-order valence-electron chi connectivity index (χ0n) is 9.11. The molecule has 0 atom stereocenters. The first kappa shape index (κ1) is 10.4. The first-order chi connectivity index (χ1) is 7.26. The molecule has 2 rings (SSSR count). The lowest BCUT2D eigenvalue weighted by molar-refractivity contribution is 0.328. The van der Waals surface area contributed by atoms with Gasteiger partial charge in [-0.05, 0) is 23.3 Å². The molecule has 1 aromatic heterocycles. The molecule has 0 radical (unpaired) electrons. The molecule has 1 aliphatic carbocycles. The Balaban J connectivity index is 2.10. The zero-order valence-corrected chi connectivity index (χ0v) is 9.11. The highest BCUT2D eigenvalue weighted by Gasteiger charge is 2.31. The molecule has 1 heterocycles. The van der Waals surface area contributed by atoms with Crippen LogP contribution in [0, 0.1) is 0 Å². The molecule has 0 aromatic carbocycles. The lowest BCUT2D eigenvalue weighted by Crippen LogP contribution is -2.47. The molecule has 3 N–H and O–H groups in total. The Morgan fingerprint density at radius 3 is 2.67 bits per heavy atom. The van der Waals surface area contributed by atoms with Gasteiger partial charge in [0.25, 0.3) is 0 Å². The van der Waals surface area contributed by atoms with Gasteiger partial charge in [-0.25, -0.2) is 4.68 Å². The molecule has 15 heavy (non-hydrogen) atoms. The highest BCUT2D eigenvalue weighted by Crippen LogP contribution is 2.29. The van der Waals surface area contributed by atoms with E-state index in [-0.39, 0.29) is 5.54 Å². The third-order valence-corrected chi connectivity index (χ3v) is 3.20. The van der Waals surface area contributed by atoms with E-state index in [4.69, 9.17) is 5.73 Å². The van der Waals surface area contributed by atoms with Gasteiger partial charge < -0.3 is 11.1 Å². The van der Waals surface area contributed by atoms with Crippen molar-refractivity contribution in [2.24, 2.45) is 12.8 Å². The third-order valence-electron chi connectivity index (χ3n) is 3.20. The summed E-state index contributed by atoms with van der Waals surface area (Å²) in [7, 11) is 1.83. The molecule has 0 amide bonds. The summed E-state index contributed by atoms with van der Waals surface area (Å²) in [4.78, 5) is 0. The van der Waals surface area contributed by atoms with E-state index in [1.54, 1.807) is 4.68 Å². The van der Waals surface area contributed by atoms with Crippen molar-refractivity contribution in [3.05, 3.63) is 0 Å². The van der Waals surface area contributed by atoms with Crippen LogP contribution in [-0.4, -0.2) is 32.3 Å². The second-order valence-corrected chi connectivity index (χ2v) is 4.30. The van der Waals surface area contributed by atoms with Gasteiger partial charge in [0.15, 0.2) is 0 Å². The van der Waals surface area contributed by atoms with Gasteiger partial charge in [0, 0.05) is 13.6 Å².